The summed E-state index contributed by atoms with van der Waals surface area (Å²) in [6, 6.07) is -0.300. The van der Waals surface area contributed by atoms with Gasteiger partial charge in [0.15, 0.2) is 5.78 Å². The maximum absolute atomic E-state index is 11.8. The predicted molar refractivity (Wildman–Crippen MR) is 72.8 cm³/mol. The zero-order chi connectivity index (χ0) is 14.5. The standard InChI is InChI=1S/C13H24N4O2/c1-10(18)12(13(2,3)4)17-8-11(15-16-17)9-19-7-6-14-5/h8,12,14H,6-7,9H2,1-5H3. The highest BCUT2D eigenvalue weighted by Crippen LogP contribution is 2.30. The fourth-order valence-corrected chi connectivity index (χ4v) is 2.05. The molecule has 0 aliphatic rings. The van der Waals surface area contributed by atoms with E-state index in [1.807, 2.05) is 27.8 Å². The third kappa shape index (κ3) is 4.72. The van der Waals surface area contributed by atoms with E-state index in [1.165, 1.54) is 0 Å². The minimum atomic E-state index is -0.300. The molecule has 6 heteroatoms. The molecule has 1 unspecified atom stereocenters. The Labute approximate surface area is 114 Å². The molecular weight excluding hydrogens is 244 g/mol. The zero-order valence-corrected chi connectivity index (χ0v) is 12.4. The summed E-state index contributed by atoms with van der Waals surface area (Å²) in [6.45, 7) is 9.47. The van der Waals surface area contributed by atoms with Crippen LogP contribution < -0.4 is 5.32 Å². The molecule has 19 heavy (non-hydrogen) atoms. The number of carbonyl (C=O) groups is 1. The number of Topliss-reactive ketones (excluding diaryl/α,β-unsaturated/α-hetero) is 1. The fourth-order valence-electron chi connectivity index (χ4n) is 2.05. The molecule has 1 aromatic rings. The average molecular weight is 268 g/mol. The Hall–Kier alpha value is -1.27. The van der Waals surface area contributed by atoms with Gasteiger partial charge in [-0.15, -0.1) is 5.10 Å². The number of hydrogen-bond donors (Lipinski definition) is 1. The number of carbonyl (C=O) groups excluding carboxylic acids is 1. The van der Waals surface area contributed by atoms with Crippen LogP contribution in [0.3, 0.4) is 0 Å². The van der Waals surface area contributed by atoms with Crippen molar-refractivity contribution >= 4 is 5.78 Å². The summed E-state index contributed by atoms with van der Waals surface area (Å²) in [5.41, 5.74) is 0.552. The van der Waals surface area contributed by atoms with Crippen LogP contribution >= 0.6 is 0 Å². The summed E-state index contributed by atoms with van der Waals surface area (Å²) in [4.78, 5) is 11.8. The number of nitrogens with zero attached hydrogens (tertiary/aromatic N) is 3. The van der Waals surface area contributed by atoms with Gasteiger partial charge in [0.05, 0.1) is 19.4 Å². The first-order chi connectivity index (χ1) is 8.86. The molecule has 6 nitrogen and oxygen atoms in total. The van der Waals surface area contributed by atoms with E-state index in [2.05, 4.69) is 15.6 Å². The number of ketones is 1. The fraction of sp³-hybridized carbons (Fsp3) is 0.769. The Kier molecular flexibility index (Phi) is 5.62. The van der Waals surface area contributed by atoms with Crippen LogP contribution in [-0.4, -0.2) is 41.0 Å². The Balaban J connectivity index is 2.69. The zero-order valence-electron chi connectivity index (χ0n) is 12.4. The van der Waals surface area contributed by atoms with Crippen LogP contribution in [0.4, 0.5) is 0 Å². The first-order valence-corrected chi connectivity index (χ1v) is 6.49. The molecule has 0 spiro atoms. The van der Waals surface area contributed by atoms with E-state index in [1.54, 1.807) is 17.8 Å². The van der Waals surface area contributed by atoms with Crippen molar-refractivity contribution in [2.75, 3.05) is 20.2 Å². The van der Waals surface area contributed by atoms with E-state index in [0.717, 1.165) is 12.2 Å². The third-order valence-electron chi connectivity index (χ3n) is 2.77. The summed E-state index contributed by atoms with van der Waals surface area (Å²) >= 11 is 0. The van der Waals surface area contributed by atoms with Crippen LogP contribution in [0.1, 0.15) is 39.4 Å². The molecule has 0 bridgehead atoms. The van der Waals surface area contributed by atoms with Gasteiger partial charge in [0, 0.05) is 6.54 Å². The maximum atomic E-state index is 11.8. The number of nitrogens with one attached hydrogen (secondary N) is 1. The van der Waals surface area contributed by atoms with E-state index in [9.17, 15) is 4.79 Å². The van der Waals surface area contributed by atoms with Gasteiger partial charge in [-0.05, 0) is 19.4 Å². The van der Waals surface area contributed by atoms with Crippen molar-refractivity contribution in [3.05, 3.63) is 11.9 Å². The Morgan fingerprint density at radius 2 is 2.21 bits per heavy atom. The first kappa shape index (κ1) is 15.8. The SMILES string of the molecule is CNCCOCc1cn(C(C(C)=O)C(C)(C)C)nn1. The molecule has 0 amide bonds. The number of ether oxygens (including phenoxy) is 1. The maximum Gasteiger partial charge on any atom is 0.154 e. The van der Waals surface area contributed by atoms with Crippen molar-refractivity contribution in [3.63, 3.8) is 0 Å². The predicted octanol–water partition coefficient (Wildman–Crippen LogP) is 1.19. The van der Waals surface area contributed by atoms with E-state index in [4.69, 9.17) is 4.74 Å². The number of aromatic nitrogens is 3. The number of likely N-dealkylation sites (N-methyl/N-ethyl adjacent to an activating group) is 1. The van der Waals surface area contributed by atoms with Gasteiger partial charge >= 0.3 is 0 Å². The Morgan fingerprint density at radius 3 is 2.74 bits per heavy atom. The minimum absolute atomic E-state index is 0.0834. The lowest BCUT2D eigenvalue weighted by atomic mass is 9.84. The second kappa shape index (κ2) is 6.77. The van der Waals surface area contributed by atoms with Gasteiger partial charge in [-0.1, -0.05) is 26.0 Å². The lowest BCUT2D eigenvalue weighted by Crippen LogP contribution is -2.30. The summed E-state index contributed by atoms with van der Waals surface area (Å²) in [6.07, 6.45) is 1.79. The summed E-state index contributed by atoms with van der Waals surface area (Å²) < 4.78 is 7.07. The highest BCUT2D eigenvalue weighted by Gasteiger charge is 2.31. The van der Waals surface area contributed by atoms with E-state index >= 15 is 0 Å². The largest absolute Gasteiger partial charge is 0.374 e. The molecule has 0 saturated carbocycles. The van der Waals surface area contributed by atoms with Gasteiger partial charge in [-0.3, -0.25) is 4.79 Å². The first-order valence-electron chi connectivity index (χ1n) is 6.49. The second-order valence-corrected chi connectivity index (χ2v) is 5.73. The van der Waals surface area contributed by atoms with Gasteiger partial charge in [0.25, 0.3) is 0 Å². The highest BCUT2D eigenvalue weighted by atomic mass is 16.5. The summed E-state index contributed by atoms with van der Waals surface area (Å²) in [7, 11) is 1.88. The van der Waals surface area contributed by atoms with Crippen LogP contribution in [0, 0.1) is 5.41 Å². The molecule has 1 atom stereocenters. The van der Waals surface area contributed by atoms with Gasteiger partial charge in [-0.25, -0.2) is 4.68 Å². The number of rotatable bonds is 7. The van der Waals surface area contributed by atoms with Crippen LogP contribution in [0.25, 0.3) is 0 Å². The number of hydrogen-bond acceptors (Lipinski definition) is 5. The quantitative estimate of drug-likeness (QED) is 0.752. The highest BCUT2D eigenvalue weighted by molar-refractivity contribution is 5.80. The minimum Gasteiger partial charge on any atom is -0.374 e. The van der Waals surface area contributed by atoms with Crippen LogP contribution in [0.5, 0.6) is 0 Å². The summed E-state index contributed by atoms with van der Waals surface area (Å²) in [5, 5.41) is 11.1. The molecule has 0 fully saturated rings. The van der Waals surface area contributed by atoms with E-state index in [-0.39, 0.29) is 17.2 Å². The van der Waals surface area contributed by atoms with Crippen molar-refractivity contribution in [2.45, 2.75) is 40.3 Å². The molecule has 0 saturated heterocycles. The van der Waals surface area contributed by atoms with Crippen molar-refractivity contribution < 1.29 is 9.53 Å². The molecule has 1 aromatic heterocycles. The van der Waals surface area contributed by atoms with Crippen molar-refractivity contribution in [3.8, 4) is 0 Å². The smallest absolute Gasteiger partial charge is 0.154 e. The normalized spacial score (nSPS) is 13.5. The monoisotopic (exact) mass is 268 g/mol. The molecular formula is C13H24N4O2. The van der Waals surface area contributed by atoms with Crippen molar-refractivity contribution in [1.29, 1.82) is 0 Å². The van der Waals surface area contributed by atoms with Crippen LogP contribution in [0.2, 0.25) is 0 Å². The molecule has 1 heterocycles. The molecule has 0 aliphatic heterocycles. The molecule has 0 aromatic carbocycles. The lowest BCUT2D eigenvalue weighted by molar-refractivity contribution is -0.123. The van der Waals surface area contributed by atoms with Crippen molar-refractivity contribution in [1.82, 2.24) is 20.3 Å². The van der Waals surface area contributed by atoms with Crippen LogP contribution in [-0.2, 0) is 16.1 Å². The topological polar surface area (TPSA) is 69.0 Å². The van der Waals surface area contributed by atoms with Crippen molar-refractivity contribution in [2.24, 2.45) is 5.41 Å². The second-order valence-electron chi connectivity index (χ2n) is 5.73. The van der Waals surface area contributed by atoms with Gasteiger partial charge in [-0.2, -0.15) is 0 Å². The molecule has 108 valence electrons. The van der Waals surface area contributed by atoms with E-state index in [0.29, 0.717) is 13.2 Å². The van der Waals surface area contributed by atoms with Crippen LogP contribution in [0.15, 0.2) is 6.20 Å². The Morgan fingerprint density at radius 1 is 1.53 bits per heavy atom. The molecule has 0 aliphatic carbocycles. The van der Waals surface area contributed by atoms with Gasteiger partial charge in [0.2, 0.25) is 0 Å². The molecule has 0 radical (unpaired) electrons. The van der Waals surface area contributed by atoms with Gasteiger partial charge in [0.1, 0.15) is 11.7 Å². The average Bonchev–Trinajstić information content (AvgIpc) is 2.70. The molecule has 1 N–H and O–H groups in total. The van der Waals surface area contributed by atoms with Gasteiger partial charge < -0.3 is 10.1 Å². The lowest BCUT2D eigenvalue weighted by Gasteiger charge is -2.28. The summed E-state index contributed by atoms with van der Waals surface area (Å²) in [5.74, 6) is 0.0834. The third-order valence-corrected chi connectivity index (χ3v) is 2.77. The van der Waals surface area contributed by atoms with E-state index < -0.39 is 0 Å². The Bertz CT molecular complexity index is 409. The molecule has 1 rings (SSSR count).